The minimum atomic E-state index is 0.280. The topological polar surface area (TPSA) is 32.3 Å². The number of hydrogen-bond acceptors (Lipinski definition) is 2. The third kappa shape index (κ3) is 1.70. The van der Waals surface area contributed by atoms with Crippen LogP contribution in [-0.4, -0.2) is 37.0 Å². The second-order valence-corrected chi connectivity index (χ2v) is 4.15. The van der Waals surface area contributed by atoms with Crippen molar-refractivity contribution in [3.8, 4) is 0 Å². The van der Waals surface area contributed by atoms with Crippen LogP contribution in [0.2, 0.25) is 0 Å². The molecule has 0 aliphatic carbocycles. The Bertz CT molecular complexity index is 205. The Balaban J connectivity index is 2.05. The number of carbonyl (C=O) groups is 1. The molecular weight excluding hydrogens is 164 g/mol. The van der Waals surface area contributed by atoms with Gasteiger partial charge in [-0.2, -0.15) is 0 Å². The molecular formula is C10H18N2O. The van der Waals surface area contributed by atoms with Gasteiger partial charge < -0.3 is 10.2 Å². The molecule has 2 rings (SSSR count). The van der Waals surface area contributed by atoms with Gasteiger partial charge in [-0.25, -0.2) is 0 Å². The molecule has 2 fully saturated rings. The molecule has 0 radical (unpaired) electrons. The van der Waals surface area contributed by atoms with E-state index in [0.29, 0.717) is 11.8 Å². The summed E-state index contributed by atoms with van der Waals surface area (Å²) in [6, 6.07) is 0. The van der Waals surface area contributed by atoms with E-state index in [1.807, 2.05) is 0 Å². The Morgan fingerprint density at radius 3 is 3.15 bits per heavy atom. The van der Waals surface area contributed by atoms with E-state index < -0.39 is 0 Å². The fourth-order valence-electron chi connectivity index (χ4n) is 2.52. The molecule has 13 heavy (non-hydrogen) atoms. The molecule has 0 aromatic carbocycles. The first-order chi connectivity index (χ1) is 6.31. The van der Waals surface area contributed by atoms with E-state index >= 15 is 0 Å². The van der Waals surface area contributed by atoms with Crippen molar-refractivity contribution in [1.82, 2.24) is 10.2 Å². The second kappa shape index (κ2) is 3.66. The molecule has 0 spiro atoms. The van der Waals surface area contributed by atoms with E-state index in [-0.39, 0.29) is 5.92 Å². The van der Waals surface area contributed by atoms with Gasteiger partial charge in [-0.3, -0.25) is 4.79 Å². The molecule has 2 aliphatic heterocycles. The number of hydrogen-bond donors (Lipinski definition) is 1. The first-order valence-corrected chi connectivity index (χ1v) is 5.31. The van der Waals surface area contributed by atoms with E-state index in [1.165, 1.54) is 6.42 Å². The summed E-state index contributed by atoms with van der Waals surface area (Å²) in [5.74, 6) is 1.20. The zero-order valence-corrected chi connectivity index (χ0v) is 8.25. The van der Waals surface area contributed by atoms with Gasteiger partial charge in [0.2, 0.25) is 5.91 Å². The maximum absolute atomic E-state index is 11.6. The lowest BCUT2D eigenvalue weighted by Gasteiger charge is -2.12. The lowest BCUT2D eigenvalue weighted by Crippen LogP contribution is -2.33. The molecule has 1 amide bonds. The van der Waals surface area contributed by atoms with E-state index in [1.54, 1.807) is 0 Å². The Kier molecular flexibility index (Phi) is 2.54. The average molecular weight is 182 g/mol. The van der Waals surface area contributed by atoms with Crippen molar-refractivity contribution >= 4 is 5.91 Å². The SMILES string of the molecule is CCN1CC2CCCNC(=O)C2C1. The lowest BCUT2D eigenvalue weighted by molar-refractivity contribution is -0.125. The summed E-state index contributed by atoms with van der Waals surface area (Å²) in [6.07, 6.45) is 2.38. The van der Waals surface area contributed by atoms with Gasteiger partial charge in [0.25, 0.3) is 0 Å². The maximum atomic E-state index is 11.6. The minimum Gasteiger partial charge on any atom is -0.356 e. The van der Waals surface area contributed by atoms with Crippen LogP contribution in [0, 0.1) is 11.8 Å². The van der Waals surface area contributed by atoms with Crippen molar-refractivity contribution in [3.05, 3.63) is 0 Å². The maximum Gasteiger partial charge on any atom is 0.224 e. The molecule has 3 nitrogen and oxygen atoms in total. The van der Waals surface area contributed by atoms with E-state index in [9.17, 15) is 4.79 Å². The van der Waals surface area contributed by atoms with Crippen molar-refractivity contribution in [1.29, 1.82) is 0 Å². The molecule has 2 heterocycles. The number of nitrogens with zero attached hydrogens (tertiary/aromatic N) is 1. The van der Waals surface area contributed by atoms with Gasteiger partial charge in [0.15, 0.2) is 0 Å². The Labute approximate surface area is 79.5 Å². The summed E-state index contributed by atoms with van der Waals surface area (Å²) >= 11 is 0. The predicted molar refractivity (Wildman–Crippen MR) is 51.3 cm³/mol. The highest BCUT2D eigenvalue weighted by molar-refractivity contribution is 5.79. The number of rotatable bonds is 1. The van der Waals surface area contributed by atoms with Crippen LogP contribution in [0.25, 0.3) is 0 Å². The molecule has 1 N–H and O–H groups in total. The number of carbonyl (C=O) groups excluding carboxylic acids is 1. The van der Waals surface area contributed by atoms with E-state index in [2.05, 4.69) is 17.1 Å². The summed E-state index contributed by atoms with van der Waals surface area (Å²) in [7, 11) is 0. The van der Waals surface area contributed by atoms with E-state index in [4.69, 9.17) is 0 Å². The highest BCUT2D eigenvalue weighted by Gasteiger charge is 2.37. The first kappa shape index (κ1) is 9.00. The van der Waals surface area contributed by atoms with Crippen LogP contribution in [0.4, 0.5) is 0 Å². The van der Waals surface area contributed by atoms with Crippen molar-refractivity contribution in [2.24, 2.45) is 11.8 Å². The van der Waals surface area contributed by atoms with Crippen LogP contribution in [0.15, 0.2) is 0 Å². The van der Waals surface area contributed by atoms with Crippen molar-refractivity contribution in [2.45, 2.75) is 19.8 Å². The van der Waals surface area contributed by atoms with Gasteiger partial charge in [-0.15, -0.1) is 0 Å². The minimum absolute atomic E-state index is 0.280. The third-order valence-corrected chi connectivity index (χ3v) is 3.35. The molecule has 2 atom stereocenters. The van der Waals surface area contributed by atoms with Crippen LogP contribution >= 0.6 is 0 Å². The van der Waals surface area contributed by atoms with Crippen LogP contribution in [0.5, 0.6) is 0 Å². The quantitative estimate of drug-likeness (QED) is 0.639. The van der Waals surface area contributed by atoms with Crippen LogP contribution in [0.1, 0.15) is 19.8 Å². The number of likely N-dealkylation sites (tertiary alicyclic amines) is 1. The molecule has 2 unspecified atom stereocenters. The molecule has 2 aliphatic rings. The molecule has 0 aromatic heterocycles. The zero-order valence-electron chi connectivity index (χ0n) is 8.25. The molecule has 2 saturated heterocycles. The van der Waals surface area contributed by atoms with Crippen molar-refractivity contribution < 1.29 is 4.79 Å². The zero-order chi connectivity index (χ0) is 9.26. The summed E-state index contributed by atoms with van der Waals surface area (Å²) in [4.78, 5) is 14.0. The van der Waals surface area contributed by atoms with Crippen molar-refractivity contribution in [2.75, 3.05) is 26.2 Å². The molecule has 0 saturated carbocycles. The van der Waals surface area contributed by atoms with Gasteiger partial charge in [-0.05, 0) is 25.3 Å². The fourth-order valence-corrected chi connectivity index (χ4v) is 2.52. The predicted octanol–water partition coefficient (Wildman–Crippen LogP) is 0.464. The van der Waals surface area contributed by atoms with Gasteiger partial charge in [0.1, 0.15) is 0 Å². The summed E-state index contributed by atoms with van der Waals surface area (Å²) in [5, 5.41) is 2.99. The van der Waals surface area contributed by atoms with Gasteiger partial charge in [-0.1, -0.05) is 6.92 Å². The molecule has 74 valence electrons. The molecule has 0 aromatic rings. The summed E-state index contributed by atoms with van der Waals surface area (Å²) < 4.78 is 0. The smallest absolute Gasteiger partial charge is 0.224 e. The number of fused-ring (bicyclic) bond motifs is 1. The monoisotopic (exact) mass is 182 g/mol. The van der Waals surface area contributed by atoms with Gasteiger partial charge in [0.05, 0.1) is 5.92 Å². The second-order valence-electron chi connectivity index (χ2n) is 4.15. The summed E-state index contributed by atoms with van der Waals surface area (Å²) in [5.41, 5.74) is 0. The highest BCUT2D eigenvalue weighted by atomic mass is 16.2. The number of nitrogens with one attached hydrogen (secondary N) is 1. The van der Waals surface area contributed by atoms with Crippen molar-refractivity contribution in [3.63, 3.8) is 0 Å². The lowest BCUT2D eigenvalue weighted by atomic mass is 9.93. The standard InChI is InChI=1S/C10H18N2O/c1-2-12-6-8-4-3-5-11-10(13)9(8)7-12/h8-9H,2-7H2,1H3,(H,11,13). The summed E-state index contributed by atoms with van der Waals surface area (Å²) in [6.45, 7) is 6.25. The Morgan fingerprint density at radius 2 is 2.38 bits per heavy atom. The Morgan fingerprint density at radius 1 is 1.54 bits per heavy atom. The first-order valence-electron chi connectivity index (χ1n) is 5.31. The van der Waals surface area contributed by atoms with Crippen LogP contribution in [-0.2, 0) is 4.79 Å². The highest BCUT2D eigenvalue weighted by Crippen LogP contribution is 2.28. The third-order valence-electron chi connectivity index (χ3n) is 3.35. The van der Waals surface area contributed by atoms with Crippen LogP contribution in [0.3, 0.4) is 0 Å². The molecule has 3 heteroatoms. The average Bonchev–Trinajstić information content (AvgIpc) is 2.48. The Hall–Kier alpha value is -0.570. The number of amides is 1. The normalized spacial score (nSPS) is 35.3. The molecule has 0 bridgehead atoms. The van der Waals surface area contributed by atoms with Gasteiger partial charge in [0, 0.05) is 19.6 Å². The van der Waals surface area contributed by atoms with E-state index in [0.717, 1.165) is 32.6 Å². The van der Waals surface area contributed by atoms with Crippen LogP contribution < -0.4 is 5.32 Å². The largest absolute Gasteiger partial charge is 0.356 e. The fraction of sp³-hybridized carbons (Fsp3) is 0.900. The van der Waals surface area contributed by atoms with Gasteiger partial charge >= 0.3 is 0 Å².